The fourth-order valence-electron chi connectivity index (χ4n) is 1.96. The molecule has 98 valence electrons. The van der Waals surface area contributed by atoms with E-state index in [0.29, 0.717) is 11.1 Å². The lowest BCUT2D eigenvalue weighted by Gasteiger charge is -2.13. The summed E-state index contributed by atoms with van der Waals surface area (Å²) >= 11 is 0. The van der Waals surface area contributed by atoms with Gasteiger partial charge >= 0.3 is 5.97 Å². The maximum atomic E-state index is 11.4. The Morgan fingerprint density at radius 1 is 1.00 bits per heavy atom. The molecule has 0 heterocycles. The molecular formula is C15H14O4. The number of hydrogen-bond acceptors (Lipinski definition) is 3. The van der Waals surface area contributed by atoms with Crippen LogP contribution in [0.15, 0.2) is 48.5 Å². The second-order valence-corrected chi connectivity index (χ2v) is 4.32. The number of carboxylic acids is 1. The van der Waals surface area contributed by atoms with Crippen LogP contribution in [0.25, 0.3) is 0 Å². The summed E-state index contributed by atoms with van der Waals surface area (Å²) in [5.74, 6) is -1.54. The van der Waals surface area contributed by atoms with Gasteiger partial charge in [0, 0.05) is 0 Å². The predicted octanol–water partition coefficient (Wildman–Crippen LogP) is 2.51. The minimum atomic E-state index is -0.964. The van der Waals surface area contributed by atoms with Crippen molar-refractivity contribution in [3.63, 3.8) is 0 Å². The molecule has 4 nitrogen and oxygen atoms in total. The lowest BCUT2D eigenvalue weighted by atomic mass is 9.91. The van der Waals surface area contributed by atoms with Crippen molar-refractivity contribution in [2.24, 2.45) is 0 Å². The van der Waals surface area contributed by atoms with Gasteiger partial charge in [-0.2, -0.15) is 0 Å². The van der Waals surface area contributed by atoms with E-state index in [1.54, 1.807) is 30.3 Å². The zero-order chi connectivity index (χ0) is 13.8. The largest absolute Gasteiger partial charge is 0.508 e. The summed E-state index contributed by atoms with van der Waals surface area (Å²) in [5.41, 5.74) is 1.18. The van der Waals surface area contributed by atoms with Crippen molar-refractivity contribution in [1.82, 2.24) is 0 Å². The Hall–Kier alpha value is -2.49. The van der Waals surface area contributed by atoms with Crippen molar-refractivity contribution in [3.05, 3.63) is 59.7 Å². The standard InChI is InChI=1S/C15H14O4/c16-12-7-5-10(6-8-12)13(15(18)19)9-11-3-1-2-4-14(11)17/h1-8,13,16-17H,9H2,(H,18,19). The molecule has 0 fully saturated rings. The molecule has 1 unspecified atom stereocenters. The Labute approximate surface area is 110 Å². The van der Waals surface area contributed by atoms with Gasteiger partial charge in [0.05, 0.1) is 5.92 Å². The van der Waals surface area contributed by atoms with Crippen LogP contribution in [0.5, 0.6) is 11.5 Å². The number of rotatable bonds is 4. The molecule has 0 aromatic heterocycles. The highest BCUT2D eigenvalue weighted by molar-refractivity contribution is 5.76. The second-order valence-electron chi connectivity index (χ2n) is 4.32. The van der Waals surface area contributed by atoms with Gasteiger partial charge in [0.1, 0.15) is 11.5 Å². The molecule has 0 aliphatic rings. The van der Waals surface area contributed by atoms with E-state index >= 15 is 0 Å². The molecule has 2 aromatic carbocycles. The Bertz CT molecular complexity index is 575. The van der Waals surface area contributed by atoms with Crippen LogP contribution in [-0.4, -0.2) is 21.3 Å². The van der Waals surface area contributed by atoms with Crippen molar-refractivity contribution in [2.45, 2.75) is 12.3 Å². The van der Waals surface area contributed by atoms with Gasteiger partial charge in [0.15, 0.2) is 0 Å². The van der Waals surface area contributed by atoms with Crippen LogP contribution in [0.1, 0.15) is 17.0 Å². The number of hydrogen-bond donors (Lipinski definition) is 3. The monoisotopic (exact) mass is 258 g/mol. The molecular weight excluding hydrogens is 244 g/mol. The minimum Gasteiger partial charge on any atom is -0.508 e. The molecule has 0 aliphatic heterocycles. The lowest BCUT2D eigenvalue weighted by molar-refractivity contribution is -0.138. The number of carbonyl (C=O) groups is 1. The van der Waals surface area contributed by atoms with Crippen LogP contribution < -0.4 is 0 Å². The van der Waals surface area contributed by atoms with Gasteiger partial charge < -0.3 is 15.3 Å². The van der Waals surface area contributed by atoms with Crippen LogP contribution in [0.2, 0.25) is 0 Å². The Balaban J connectivity index is 2.29. The van der Waals surface area contributed by atoms with Crippen molar-refractivity contribution in [2.75, 3.05) is 0 Å². The van der Waals surface area contributed by atoms with Crippen LogP contribution in [-0.2, 0) is 11.2 Å². The van der Waals surface area contributed by atoms with E-state index in [0.717, 1.165) is 0 Å². The minimum absolute atomic E-state index is 0.0903. The topological polar surface area (TPSA) is 77.8 Å². The Kier molecular flexibility index (Phi) is 3.71. The molecule has 0 spiro atoms. The van der Waals surface area contributed by atoms with E-state index in [-0.39, 0.29) is 17.9 Å². The van der Waals surface area contributed by atoms with E-state index in [2.05, 4.69) is 0 Å². The molecule has 2 aromatic rings. The summed E-state index contributed by atoms with van der Waals surface area (Å²) < 4.78 is 0. The quantitative estimate of drug-likeness (QED) is 0.787. The number of phenols is 2. The maximum absolute atomic E-state index is 11.4. The fourth-order valence-corrected chi connectivity index (χ4v) is 1.96. The first-order valence-electron chi connectivity index (χ1n) is 5.86. The molecule has 0 saturated carbocycles. The molecule has 4 heteroatoms. The maximum Gasteiger partial charge on any atom is 0.311 e. The van der Waals surface area contributed by atoms with Crippen molar-refractivity contribution in [1.29, 1.82) is 0 Å². The first-order chi connectivity index (χ1) is 9.08. The first-order valence-corrected chi connectivity index (χ1v) is 5.86. The number of carboxylic acid groups (broad SMARTS) is 1. The highest BCUT2D eigenvalue weighted by atomic mass is 16.4. The highest BCUT2D eigenvalue weighted by Gasteiger charge is 2.21. The first kappa shape index (κ1) is 13.0. The molecule has 1 atom stereocenters. The summed E-state index contributed by atoms with van der Waals surface area (Å²) in [6.45, 7) is 0. The summed E-state index contributed by atoms with van der Waals surface area (Å²) in [6, 6.07) is 12.7. The number of para-hydroxylation sites is 1. The van der Waals surface area contributed by atoms with Gasteiger partial charge in [-0.1, -0.05) is 30.3 Å². The predicted molar refractivity (Wildman–Crippen MR) is 70.3 cm³/mol. The molecule has 3 N–H and O–H groups in total. The number of benzene rings is 2. The van der Waals surface area contributed by atoms with Gasteiger partial charge in [0.25, 0.3) is 0 Å². The van der Waals surface area contributed by atoms with E-state index in [4.69, 9.17) is 0 Å². The van der Waals surface area contributed by atoms with E-state index in [1.165, 1.54) is 18.2 Å². The zero-order valence-corrected chi connectivity index (χ0v) is 10.2. The van der Waals surface area contributed by atoms with Crippen LogP contribution in [0, 0.1) is 0 Å². The molecule has 0 saturated heterocycles. The number of aromatic hydroxyl groups is 2. The molecule has 0 bridgehead atoms. The molecule has 19 heavy (non-hydrogen) atoms. The van der Waals surface area contributed by atoms with Crippen LogP contribution in [0.4, 0.5) is 0 Å². The van der Waals surface area contributed by atoms with Gasteiger partial charge in [-0.25, -0.2) is 0 Å². The number of aliphatic carboxylic acids is 1. The molecule has 0 amide bonds. The Morgan fingerprint density at radius 2 is 1.63 bits per heavy atom. The van der Waals surface area contributed by atoms with Gasteiger partial charge in [0.2, 0.25) is 0 Å². The van der Waals surface area contributed by atoms with E-state index < -0.39 is 11.9 Å². The third-order valence-electron chi connectivity index (χ3n) is 3.01. The number of phenolic OH excluding ortho intramolecular Hbond substituents is 2. The zero-order valence-electron chi connectivity index (χ0n) is 10.2. The van der Waals surface area contributed by atoms with Crippen molar-refractivity contribution >= 4 is 5.97 Å². The lowest BCUT2D eigenvalue weighted by Crippen LogP contribution is -2.14. The average Bonchev–Trinajstić information content (AvgIpc) is 2.39. The molecule has 0 aliphatic carbocycles. The smallest absolute Gasteiger partial charge is 0.311 e. The average molecular weight is 258 g/mol. The summed E-state index contributed by atoms with van der Waals surface area (Å²) in [4.78, 5) is 11.4. The van der Waals surface area contributed by atoms with Gasteiger partial charge in [-0.05, 0) is 35.7 Å². The summed E-state index contributed by atoms with van der Waals surface area (Å²) in [7, 11) is 0. The van der Waals surface area contributed by atoms with Crippen molar-refractivity contribution < 1.29 is 20.1 Å². The van der Waals surface area contributed by atoms with Crippen LogP contribution >= 0.6 is 0 Å². The third kappa shape index (κ3) is 3.04. The molecule has 2 rings (SSSR count). The summed E-state index contributed by atoms with van der Waals surface area (Å²) in [6.07, 6.45) is 0.201. The summed E-state index contributed by atoms with van der Waals surface area (Å²) in [5, 5.41) is 28.2. The fraction of sp³-hybridized carbons (Fsp3) is 0.133. The highest BCUT2D eigenvalue weighted by Crippen LogP contribution is 2.27. The van der Waals surface area contributed by atoms with E-state index in [9.17, 15) is 20.1 Å². The van der Waals surface area contributed by atoms with Crippen LogP contribution in [0.3, 0.4) is 0 Å². The van der Waals surface area contributed by atoms with Gasteiger partial charge in [-0.15, -0.1) is 0 Å². The Morgan fingerprint density at radius 3 is 2.21 bits per heavy atom. The van der Waals surface area contributed by atoms with Gasteiger partial charge in [-0.3, -0.25) is 4.79 Å². The normalized spacial score (nSPS) is 12.0. The second kappa shape index (κ2) is 5.44. The molecule has 0 radical (unpaired) electrons. The SMILES string of the molecule is O=C(O)C(Cc1ccccc1O)c1ccc(O)cc1. The van der Waals surface area contributed by atoms with Crippen molar-refractivity contribution in [3.8, 4) is 11.5 Å². The van der Waals surface area contributed by atoms with E-state index in [1.807, 2.05) is 0 Å². The third-order valence-corrected chi connectivity index (χ3v) is 3.01.